The van der Waals surface area contributed by atoms with Crippen LogP contribution >= 0.6 is 0 Å². The van der Waals surface area contributed by atoms with Crippen molar-refractivity contribution in [2.45, 2.75) is 25.0 Å². The summed E-state index contributed by atoms with van der Waals surface area (Å²) in [4.78, 5) is 42.9. The minimum Gasteiger partial charge on any atom is -0.390 e. The Morgan fingerprint density at radius 3 is 1.50 bits per heavy atom. The van der Waals surface area contributed by atoms with Crippen LogP contribution in [0.3, 0.4) is 0 Å². The van der Waals surface area contributed by atoms with Gasteiger partial charge in [0.25, 0.3) is 22.7 Å². The van der Waals surface area contributed by atoms with Crippen molar-refractivity contribution in [1.82, 2.24) is 0 Å². The number of aliphatic hydroxyl groups is 2. The van der Waals surface area contributed by atoms with E-state index in [4.69, 9.17) is 5.73 Å². The first-order valence-corrected chi connectivity index (χ1v) is 9.67. The molecule has 2 aromatic carbocycles. The first-order valence-electron chi connectivity index (χ1n) is 9.67. The Labute approximate surface area is 190 Å². The highest BCUT2D eigenvalue weighted by Gasteiger charge is 2.31. The van der Waals surface area contributed by atoms with Crippen LogP contribution in [0.25, 0.3) is 0 Å². The van der Waals surface area contributed by atoms with Gasteiger partial charge in [0.15, 0.2) is 0 Å². The molecule has 2 rings (SSSR count). The van der Waals surface area contributed by atoms with Crippen molar-refractivity contribution in [2.75, 3.05) is 18.0 Å². The van der Waals surface area contributed by atoms with Crippen LogP contribution in [0.2, 0.25) is 0 Å². The second-order valence-electron chi connectivity index (χ2n) is 7.03. The third-order valence-corrected chi connectivity index (χ3v) is 4.87. The molecule has 0 spiro atoms. The van der Waals surface area contributed by atoms with Gasteiger partial charge in [0.05, 0.1) is 44.0 Å². The highest BCUT2D eigenvalue weighted by atomic mass is 16.6. The molecule has 16 nitrogen and oxygen atoms in total. The Bertz CT molecular complexity index is 1040. The van der Waals surface area contributed by atoms with Gasteiger partial charge in [0.2, 0.25) is 0 Å². The van der Waals surface area contributed by atoms with E-state index < -0.39 is 54.7 Å². The van der Waals surface area contributed by atoms with Crippen LogP contribution in [0.1, 0.15) is 12.8 Å². The molecule has 16 heteroatoms. The number of benzene rings is 2. The summed E-state index contributed by atoms with van der Waals surface area (Å²) in [7, 11) is 0. The number of aliphatic hydroxyl groups excluding tert-OH is 2. The number of nitrogens with two attached hydrogens (primary N) is 1. The van der Waals surface area contributed by atoms with Gasteiger partial charge in [-0.25, -0.2) is 0 Å². The average Bonchev–Trinajstić information content (AvgIpc) is 2.78. The van der Waals surface area contributed by atoms with Crippen molar-refractivity contribution in [2.24, 2.45) is 5.73 Å². The lowest BCUT2D eigenvalue weighted by Gasteiger charge is -2.26. The zero-order chi connectivity index (χ0) is 25.6. The maximum absolute atomic E-state index is 11.7. The van der Waals surface area contributed by atoms with Gasteiger partial charge in [-0.05, 0) is 31.5 Å². The zero-order valence-electron chi connectivity index (χ0n) is 17.4. The third-order valence-electron chi connectivity index (χ3n) is 4.87. The van der Waals surface area contributed by atoms with Crippen molar-refractivity contribution in [3.63, 3.8) is 0 Å². The van der Waals surface area contributed by atoms with Crippen molar-refractivity contribution < 1.29 is 29.9 Å². The van der Waals surface area contributed by atoms with Gasteiger partial charge in [-0.1, -0.05) is 0 Å². The van der Waals surface area contributed by atoms with E-state index in [9.17, 15) is 50.7 Å². The number of rotatable bonds is 12. The van der Waals surface area contributed by atoms with E-state index in [1.54, 1.807) is 0 Å². The monoisotopic (exact) mass is 480 g/mol. The average molecular weight is 480 g/mol. The van der Waals surface area contributed by atoms with E-state index in [1.165, 1.54) is 0 Å². The molecule has 0 radical (unpaired) electrons. The maximum Gasteiger partial charge on any atom is 0.299 e. The normalized spacial score (nSPS) is 12.6. The predicted molar refractivity (Wildman–Crippen MR) is 117 cm³/mol. The van der Waals surface area contributed by atoms with Gasteiger partial charge < -0.3 is 20.8 Å². The molecule has 0 aliphatic carbocycles. The molecular weight excluding hydrogens is 460 g/mol. The summed E-state index contributed by atoms with van der Waals surface area (Å²) in [5.41, 5.74) is 2.01. The van der Waals surface area contributed by atoms with Crippen LogP contribution in [0.15, 0.2) is 36.4 Å². The van der Waals surface area contributed by atoms with E-state index in [2.05, 4.69) is 0 Å². The summed E-state index contributed by atoms with van der Waals surface area (Å²) < 4.78 is 0. The van der Waals surface area contributed by atoms with Crippen LogP contribution in [-0.2, 0) is 0 Å². The highest BCUT2D eigenvalue weighted by Crippen LogP contribution is 2.41. The fourth-order valence-corrected chi connectivity index (χ4v) is 3.19. The van der Waals surface area contributed by atoms with Crippen LogP contribution < -0.4 is 10.6 Å². The molecule has 0 aromatic heterocycles. The minimum absolute atomic E-state index is 0.0382. The van der Waals surface area contributed by atoms with E-state index >= 15 is 0 Å². The second-order valence-corrected chi connectivity index (χ2v) is 7.03. The molecule has 0 saturated heterocycles. The Morgan fingerprint density at radius 2 is 1.15 bits per heavy atom. The lowest BCUT2D eigenvalue weighted by atomic mass is 10.1. The fourth-order valence-electron chi connectivity index (χ4n) is 3.19. The first kappa shape index (κ1) is 26.0. The molecule has 34 heavy (non-hydrogen) atoms. The molecule has 0 bridgehead atoms. The molecule has 182 valence electrons. The fraction of sp³-hybridized carbons (Fsp3) is 0.333. The van der Waals surface area contributed by atoms with Gasteiger partial charge in [0.1, 0.15) is 11.4 Å². The number of nitro groups is 4. The Hall–Kier alpha value is -4.28. The number of hydrogen-bond acceptors (Lipinski definition) is 12. The molecule has 0 aliphatic rings. The largest absolute Gasteiger partial charge is 0.390 e. The lowest BCUT2D eigenvalue weighted by molar-refractivity contribution is -0.393. The summed E-state index contributed by atoms with van der Waals surface area (Å²) in [6.45, 7) is -0.274. The first-order chi connectivity index (χ1) is 16.0. The van der Waals surface area contributed by atoms with Crippen LogP contribution in [-0.4, -0.2) is 55.2 Å². The van der Waals surface area contributed by atoms with E-state index in [0.29, 0.717) is 12.1 Å². The smallest absolute Gasteiger partial charge is 0.299 e. The highest BCUT2D eigenvalue weighted by molar-refractivity contribution is 5.79. The zero-order valence-corrected chi connectivity index (χ0v) is 17.4. The molecule has 2 atom stereocenters. The summed E-state index contributed by atoms with van der Waals surface area (Å²) >= 11 is 0. The lowest BCUT2D eigenvalue weighted by Crippen LogP contribution is -2.32. The van der Waals surface area contributed by atoms with Crippen LogP contribution in [0.5, 0.6) is 0 Å². The SMILES string of the molecule is NCCC(O)C(O)CCN(c1ccc([N+](=O)[O-])cc1[N+](=O)[O-])c1ccc([N+](=O)[O-])cc1[N+](=O)[O-]. The van der Waals surface area contributed by atoms with E-state index in [-0.39, 0.29) is 37.3 Å². The number of hydrogen-bond donors (Lipinski definition) is 3. The quantitative estimate of drug-likeness (QED) is 0.291. The molecule has 2 aromatic rings. The third kappa shape index (κ3) is 5.94. The summed E-state index contributed by atoms with van der Waals surface area (Å²) in [5.74, 6) is 0. The molecule has 0 heterocycles. The Morgan fingerprint density at radius 1 is 0.735 bits per heavy atom. The number of non-ortho nitro benzene ring substituents is 2. The molecule has 0 amide bonds. The molecule has 4 N–H and O–H groups in total. The number of nitro benzene ring substituents is 4. The molecule has 0 saturated carbocycles. The van der Waals surface area contributed by atoms with E-state index in [1.807, 2.05) is 0 Å². The van der Waals surface area contributed by atoms with Crippen molar-refractivity contribution in [3.8, 4) is 0 Å². The summed E-state index contributed by atoms with van der Waals surface area (Å²) in [5, 5.41) is 65.6. The standard InChI is InChI=1S/C18H20N6O10/c19-7-5-17(25)18(26)6-8-20(13-3-1-11(21(27)28)9-15(13)23(31)32)14-4-2-12(22(29)30)10-16(14)24(33)34/h1-4,9-10,17-18,25-26H,5-8,19H2. The molecular formula is C18H20N6O10. The van der Waals surface area contributed by atoms with Crippen molar-refractivity contribution >= 4 is 34.1 Å². The Balaban J connectivity index is 2.67. The number of nitrogens with zero attached hydrogens (tertiary/aromatic N) is 5. The van der Waals surface area contributed by atoms with Crippen LogP contribution in [0.4, 0.5) is 34.1 Å². The molecule has 2 unspecified atom stereocenters. The van der Waals surface area contributed by atoms with Gasteiger partial charge in [0, 0.05) is 18.7 Å². The van der Waals surface area contributed by atoms with Crippen molar-refractivity contribution in [1.29, 1.82) is 0 Å². The van der Waals surface area contributed by atoms with Gasteiger partial charge in [-0.15, -0.1) is 0 Å². The molecule has 0 aliphatic heterocycles. The van der Waals surface area contributed by atoms with Gasteiger partial charge >= 0.3 is 0 Å². The number of anilines is 2. The van der Waals surface area contributed by atoms with E-state index in [0.717, 1.165) is 29.2 Å². The predicted octanol–water partition coefficient (Wildman–Crippen LogP) is 1.92. The maximum atomic E-state index is 11.7. The van der Waals surface area contributed by atoms with Gasteiger partial charge in [-0.2, -0.15) is 0 Å². The van der Waals surface area contributed by atoms with Crippen LogP contribution in [0, 0.1) is 40.5 Å². The summed E-state index contributed by atoms with van der Waals surface area (Å²) in [6.07, 6.45) is -2.81. The van der Waals surface area contributed by atoms with Crippen molar-refractivity contribution in [3.05, 3.63) is 76.9 Å². The molecule has 0 fully saturated rings. The second kappa shape index (κ2) is 11.0. The minimum atomic E-state index is -1.36. The Kier molecular flexibility index (Phi) is 8.43. The topological polar surface area (TPSA) is 242 Å². The van der Waals surface area contributed by atoms with Gasteiger partial charge in [-0.3, -0.25) is 40.5 Å². The summed E-state index contributed by atoms with van der Waals surface area (Å²) in [6, 6.07) is 5.24.